The SMILES string of the molecule is Cc1ccc(S(=O)(=O)c2cc3c(nc2N)CC(C)(C)CC3=O)cc1. The van der Waals surface area contributed by atoms with Gasteiger partial charge in [0.1, 0.15) is 10.7 Å². The van der Waals surface area contributed by atoms with Crippen molar-refractivity contribution >= 4 is 21.4 Å². The van der Waals surface area contributed by atoms with Gasteiger partial charge in [-0.3, -0.25) is 4.79 Å². The number of aryl methyl sites for hydroxylation is 1. The number of anilines is 1. The summed E-state index contributed by atoms with van der Waals surface area (Å²) in [5.74, 6) is -0.145. The number of Topliss-reactive ketones (excluding diaryl/α,β-unsaturated/α-hetero) is 1. The standard InChI is InChI=1S/C18H20N2O3S/c1-11-4-6-12(7-5-11)24(22,23)16-8-13-14(20-17(16)19)9-18(2,3)10-15(13)21/h4-8H,9-10H2,1-3H3,(H2,19,20). The molecular formula is C18H20N2O3S. The third kappa shape index (κ3) is 2.82. The number of hydrogen-bond donors (Lipinski definition) is 1. The Morgan fingerprint density at radius 1 is 1.12 bits per heavy atom. The first-order valence-electron chi connectivity index (χ1n) is 7.74. The number of hydrogen-bond acceptors (Lipinski definition) is 5. The van der Waals surface area contributed by atoms with Crippen LogP contribution in [0.4, 0.5) is 5.82 Å². The van der Waals surface area contributed by atoms with Crippen LogP contribution in [0, 0.1) is 12.3 Å². The van der Waals surface area contributed by atoms with Crippen molar-refractivity contribution in [3.05, 3.63) is 47.2 Å². The molecule has 1 aliphatic rings. The normalized spacial score (nSPS) is 16.7. The van der Waals surface area contributed by atoms with Crippen LogP contribution in [0.2, 0.25) is 0 Å². The lowest BCUT2D eigenvalue weighted by atomic mass is 9.76. The molecule has 24 heavy (non-hydrogen) atoms. The van der Waals surface area contributed by atoms with Crippen molar-refractivity contribution in [1.29, 1.82) is 0 Å². The maximum absolute atomic E-state index is 12.9. The average molecular weight is 344 g/mol. The maximum Gasteiger partial charge on any atom is 0.210 e. The topological polar surface area (TPSA) is 90.1 Å². The predicted octanol–water partition coefficient (Wildman–Crippen LogP) is 2.96. The largest absolute Gasteiger partial charge is 0.383 e. The lowest BCUT2D eigenvalue weighted by Gasteiger charge is -2.29. The van der Waals surface area contributed by atoms with E-state index in [2.05, 4.69) is 4.98 Å². The van der Waals surface area contributed by atoms with E-state index in [1.807, 2.05) is 20.8 Å². The number of nitrogens with zero attached hydrogens (tertiary/aromatic N) is 1. The van der Waals surface area contributed by atoms with E-state index in [4.69, 9.17) is 5.73 Å². The molecule has 0 atom stereocenters. The van der Waals surface area contributed by atoms with Crippen LogP contribution in [-0.4, -0.2) is 19.2 Å². The van der Waals surface area contributed by atoms with Crippen molar-refractivity contribution in [2.45, 2.75) is 43.4 Å². The maximum atomic E-state index is 12.9. The zero-order valence-electron chi connectivity index (χ0n) is 14.0. The van der Waals surface area contributed by atoms with Gasteiger partial charge in [-0.25, -0.2) is 13.4 Å². The molecule has 2 aromatic rings. The first-order chi connectivity index (χ1) is 11.1. The molecule has 0 fully saturated rings. The number of nitrogen functional groups attached to an aromatic ring is 1. The van der Waals surface area contributed by atoms with Crippen LogP contribution in [0.25, 0.3) is 0 Å². The summed E-state index contributed by atoms with van der Waals surface area (Å²) in [6.45, 7) is 5.86. The summed E-state index contributed by atoms with van der Waals surface area (Å²) in [6, 6.07) is 7.92. The van der Waals surface area contributed by atoms with Crippen LogP contribution in [0.15, 0.2) is 40.1 Å². The van der Waals surface area contributed by atoms with Gasteiger partial charge in [0.25, 0.3) is 0 Å². The molecule has 1 heterocycles. The van der Waals surface area contributed by atoms with E-state index < -0.39 is 9.84 Å². The first kappa shape index (κ1) is 16.6. The average Bonchev–Trinajstić information content (AvgIpc) is 2.45. The summed E-state index contributed by atoms with van der Waals surface area (Å²) >= 11 is 0. The number of carbonyl (C=O) groups is 1. The molecule has 5 nitrogen and oxygen atoms in total. The highest BCUT2D eigenvalue weighted by Crippen LogP contribution is 2.36. The van der Waals surface area contributed by atoms with Gasteiger partial charge in [0.2, 0.25) is 9.84 Å². The van der Waals surface area contributed by atoms with E-state index in [1.165, 1.54) is 18.2 Å². The molecule has 126 valence electrons. The van der Waals surface area contributed by atoms with Crippen molar-refractivity contribution < 1.29 is 13.2 Å². The quantitative estimate of drug-likeness (QED) is 0.904. The Bertz CT molecular complexity index is 929. The van der Waals surface area contributed by atoms with Gasteiger partial charge in [-0.1, -0.05) is 31.5 Å². The Kier molecular flexibility index (Phi) is 3.75. The third-order valence-corrected chi connectivity index (χ3v) is 6.10. The molecule has 0 spiro atoms. The molecule has 0 radical (unpaired) electrons. The molecule has 2 N–H and O–H groups in total. The van der Waals surface area contributed by atoms with Crippen molar-refractivity contribution in [2.75, 3.05) is 5.73 Å². The number of nitrogens with two attached hydrogens (primary N) is 1. The number of rotatable bonds is 2. The van der Waals surface area contributed by atoms with Gasteiger partial charge < -0.3 is 5.73 Å². The van der Waals surface area contributed by atoms with Crippen LogP contribution < -0.4 is 5.73 Å². The highest BCUT2D eigenvalue weighted by atomic mass is 32.2. The van der Waals surface area contributed by atoms with E-state index in [9.17, 15) is 13.2 Å². The summed E-state index contributed by atoms with van der Waals surface area (Å²) in [7, 11) is -3.81. The second-order valence-electron chi connectivity index (χ2n) is 7.12. The molecule has 0 aliphatic heterocycles. The molecule has 0 saturated carbocycles. The minimum atomic E-state index is -3.81. The monoisotopic (exact) mass is 344 g/mol. The van der Waals surface area contributed by atoms with E-state index in [-0.39, 0.29) is 26.8 Å². The fraction of sp³-hybridized carbons (Fsp3) is 0.333. The van der Waals surface area contributed by atoms with Gasteiger partial charge in [-0.2, -0.15) is 0 Å². The number of benzene rings is 1. The smallest absolute Gasteiger partial charge is 0.210 e. The number of sulfone groups is 1. The minimum Gasteiger partial charge on any atom is -0.383 e. The molecule has 1 aliphatic carbocycles. The van der Waals surface area contributed by atoms with Gasteiger partial charge in [0, 0.05) is 12.0 Å². The van der Waals surface area contributed by atoms with Crippen molar-refractivity contribution in [3.8, 4) is 0 Å². The molecule has 3 rings (SSSR count). The zero-order chi connectivity index (χ0) is 17.7. The first-order valence-corrected chi connectivity index (χ1v) is 9.23. The zero-order valence-corrected chi connectivity index (χ0v) is 14.8. The lowest BCUT2D eigenvalue weighted by Crippen LogP contribution is -2.28. The predicted molar refractivity (Wildman–Crippen MR) is 91.7 cm³/mol. The molecule has 0 saturated heterocycles. The van der Waals surface area contributed by atoms with Crippen LogP contribution in [0.1, 0.15) is 41.9 Å². The second kappa shape index (κ2) is 5.41. The number of pyridine rings is 1. The second-order valence-corrected chi connectivity index (χ2v) is 9.04. The van der Waals surface area contributed by atoms with Crippen LogP contribution in [-0.2, 0) is 16.3 Å². The van der Waals surface area contributed by atoms with Gasteiger partial charge in [0.15, 0.2) is 5.78 Å². The van der Waals surface area contributed by atoms with Gasteiger partial charge in [-0.05, 0) is 37.0 Å². The Labute approximate surface area is 141 Å². The molecule has 6 heteroatoms. The van der Waals surface area contributed by atoms with Crippen LogP contribution in [0.5, 0.6) is 0 Å². The molecular weight excluding hydrogens is 324 g/mol. The van der Waals surface area contributed by atoms with Crippen molar-refractivity contribution in [2.24, 2.45) is 5.41 Å². The molecule has 0 unspecified atom stereocenters. The number of carbonyl (C=O) groups excluding carboxylic acids is 1. The van der Waals surface area contributed by atoms with Gasteiger partial charge in [-0.15, -0.1) is 0 Å². The Hall–Kier alpha value is -2.21. The minimum absolute atomic E-state index is 0.0557. The summed E-state index contributed by atoms with van der Waals surface area (Å²) in [6.07, 6.45) is 0.971. The summed E-state index contributed by atoms with van der Waals surface area (Å²) < 4.78 is 25.7. The highest BCUT2D eigenvalue weighted by molar-refractivity contribution is 7.91. The van der Waals surface area contributed by atoms with E-state index >= 15 is 0 Å². The Morgan fingerprint density at radius 3 is 2.38 bits per heavy atom. The summed E-state index contributed by atoms with van der Waals surface area (Å²) in [5, 5.41) is 0. The summed E-state index contributed by atoms with van der Waals surface area (Å²) in [4.78, 5) is 16.7. The molecule has 0 amide bonds. The van der Waals surface area contributed by atoms with E-state index in [1.54, 1.807) is 12.1 Å². The van der Waals surface area contributed by atoms with E-state index in [0.717, 1.165) is 5.56 Å². The number of aromatic nitrogens is 1. The van der Waals surface area contributed by atoms with E-state index in [0.29, 0.717) is 24.1 Å². The fourth-order valence-corrected chi connectivity index (χ4v) is 4.37. The molecule has 0 bridgehead atoms. The van der Waals surface area contributed by atoms with Gasteiger partial charge >= 0.3 is 0 Å². The summed E-state index contributed by atoms with van der Waals surface area (Å²) in [5.41, 5.74) is 7.65. The third-order valence-electron chi connectivity index (χ3n) is 4.30. The number of fused-ring (bicyclic) bond motifs is 1. The highest BCUT2D eigenvalue weighted by Gasteiger charge is 2.34. The number of ketones is 1. The lowest BCUT2D eigenvalue weighted by molar-refractivity contribution is 0.0910. The van der Waals surface area contributed by atoms with Crippen molar-refractivity contribution in [1.82, 2.24) is 4.98 Å². The van der Waals surface area contributed by atoms with Crippen LogP contribution >= 0.6 is 0 Å². The Balaban J connectivity index is 2.15. The van der Waals surface area contributed by atoms with Crippen molar-refractivity contribution in [3.63, 3.8) is 0 Å². The molecule has 1 aromatic heterocycles. The van der Waals surface area contributed by atoms with Crippen LogP contribution in [0.3, 0.4) is 0 Å². The fourth-order valence-electron chi connectivity index (χ4n) is 3.03. The molecule has 1 aromatic carbocycles. The Morgan fingerprint density at radius 2 is 1.75 bits per heavy atom. The van der Waals surface area contributed by atoms with Gasteiger partial charge in [0.05, 0.1) is 10.6 Å².